The van der Waals surface area contributed by atoms with Crippen molar-refractivity contribution in [3.05, 3.63) is 89.6 Å². The molecule has 1 heterocycles. The second-order valence-electron chi connectivity index (χ2n) is 7.42. The maximum Gasteiger partial charge on any atom is 0.266 e. The van der Waals surface area contributed by atoms with E-state index >= 15 is 0 Å². The summed E-state index contributed by atoms with van der Waals surface area (Å²) in [7, 11) is 3.23. The number of nitrogens with zero attached hydrogens (tertiary/aromatic N) is 2. The zero-order valence-electron chi connectivity index (χ0n) is 18.5. The van der Waals surface area contributed by atoms with E-state index in [-0.39, 0.29) is 5.91 Å². The number of ether oxygens (including phenoxy) is 2. The average Bonchev–Trinajstić information content (AvgIpc) is 3.09. The highest BCUT2D eigenvalue weighted by Crippen LogP contribution is 2.40. The van der Waals surface area contributed by atoms with Crippen LogP contribution < -0.4 is 9.47 Å². The Morgan fingerprint density at radius 3 is 2.49 bits per heavy atom. The van der Waals surface area contributed by atoms with Gasteiger partial charge in [0.15, 0.2) is 16.7 Å². The van der Waals surface area contributed by atoms with Crippen molar-refractivity contribution in [2.75, 3.05) is 14.2 Å². The van der Waals surface area contributed by atoms with Gasteiger partial charge in [-0.2, -0.15) is 0 Å². The Balaban J connectivity index is 1.57. The molecule has 5 nitrogen and oxygen atoms in total. The number of thioether (sulfide) groups is 1. The van der Waals surface area contributed by atoms with Crippen LogP contribution in [0.5, 0.6) is 11.5 Å². The van der Waals surface area contributed by atoms with Crippen LogP contribution in [0.4, 0.5) is 5.69 Å². The first kappa shape index (κ1) is 26.1. The molecule has 0 bridgehead atoms. The molecule has 1 aliphatic heterocycles. The van der Waals surface area contributed by atoms with Crippen LogP contribution in [0.1, 0.15) is 11.1 Å². The fraction of sp³-hybridized carbons (Fsp3) is 0.120. The van der Waals surface area contributed by atoms with Gasteiger partial charge in [-0.05, 0) is 87.4 Å². The van der Waals surface area contributed by atoms with Gasteiger partial charge in [-0.25, -0.2) is 4.99 Å². The fourth-order valence-corrected chi connectivity index (χ4v) is 5.11. The molecular weight excluding hydrogens is 639 g/mol. The highest BCUT2D eigenvalue weighted by atomic mass is 79.9. The number of hydrogen-bond acceptors (Lipinski definition) is 5. The molecule has 0 atom stereocenters. The van der Waals surface area contributed by atoms with Crippen LogP contribution in [0.3, 0.4) is 0 Å². The van der Waals surface area contributed by atoms with E-state index in [9.17, 15) is 4.79 Å². The zero-order valence-corrected chi connectivity index (χ0v) is 24.0. The lowest BCUT2D eigenvalue weighted by atomic mass is 10.1. The normalized spacial score (nSPS) is 15.8. The van der Waals surface area contributed by atoms with Crippen molar-refractivity contribution in [2.24, 2.45) is 4.99 Å². The highest BCUT2D eigenvalue weighted by molar-refractivity contribution is 9.10. The molecular formula is C25H18Br2Cl2N2O3S. The molecule has 1 saturated heterocycles. The topological polar surface area (TPSA) is 51.1 Å². The van der Waals surface area contributed by atoms with Crippen LogP contribution in [0, 0.1) is 0 Å². The van der Waals surface area contributed by atoms with E-state index in [4.69, 9.17) is 32.7 Å². The molecule has 35 heavy (non-hydrogen) atoms. The Hall–Kier alpha value is -1.97. The number of carbonyl (C=O) groups is 1. The molecule has 1 aliphatic rings. The van der Waals surface area contributed by atoms with Crippen molar-refractivity contribution in [3.8, 4) is 11.5 Å². The van der Waals surface area contributed by atoms with Gasteiger partial charge in [-0.3, -0.25) is 9.69 Å². The number of likely N-dealkylation sites (N-methyl/N-ethyl adjacent to an activating group) is 1. The molecule has 0 spiro atoms. The molecule has 0 radical (unpaired) electrons. The molecule has 1 amide bonds. The Bertz CT molecular complexity index is 1350. The average molecular weight is 657 g/mol. The monoisotopic (exact) mass is 654 g/mol. The van der Waals surface area contributed by atoms with Crippen molar-refractivity contribution in [3.63, 3.8) is 0 Å². The number of aliphatic imine (C=N–C) groups is 1. The summed E-state index contributed by atoms with van der Waals surface area (Å²) in [6.45, 7) is 0.336. The highest BCUT2D eigenvalue weighted by Gasteiger charge is 2.30. The molecule has 1 fully saturated rings. The Morgan fingerprint density at radius 1 is 1.06 bits per heavy atom. The minimum Gasteiger partial charge on any atom is -0.493 e. The molecule has 4 rings (SSSR count). The summed E-state index contributed by atoms with van der Waals surface area (Å²) in [5.41, 5.74) is 2.35. The van der Waals surface area contributed by atoms with Crippen LogP contribution in [0.15, 0.2) is 73.4 Å². The zero-order chi connectivity index (χ0) is 25.1. The van der Waals surface area contributed by atoms with Crippen molar-refractivity contribution >= 4 is 89.7 Å². The van der Waals surface area contributed by atoms with Crippen molar-refractivity contribution in [2.45, 2.75) is 6.61 Å². The summed E-state index contributed by atoms with van der Waals surface area (Å²) >= 11 is 20.8. The SMILES string of the molecule is COc1cc(/C=C2\SC(=Nc3ccc(Br)c(Cl)c3)N(C)C2=O)cc(Cl)c1OCc1ccc(Br)cc1. The Kier molecular flexibility index (Phi) is 8.50. The quantitative estimate of drug-likeness (QED) is 0.250. The smallest absolute Gasteiger partial charge is 0.266 e. The number of carbonyl (C=O) groups excluding carboxylic acids is 1. The minimum absolute atomic E-state index is 0.164. The first-order chi connectivity index (χ1) is 16.7. The van der Waals surface area contributed by atoms with Gasteiger partial charge in [-0.1, -0.05) is 51.3 Å². The van der Waals surface area contributed by atoms with Gasteiger partial charge in [0.1, 0.15) is 6.61 Å². The van der Waals surface area contributed by atoms with E-state index in [1.165, 1.54) is 16.7 Å². The summed E-state index contributed by atoms with van der Waals surface area (Å²) < 4.78 is 13.2. The lowest BCUT2D eigenvalue weighted by Crippen LogP contribution is -2.23. The van der Waals surface area contributed by atoms with Crippen LogP contribution in [-0.4, -0.2) is 30.1 Å². The number of halogens is 4. The van der Waals surface area contributed by atoms with Gasteiger partial charge >= 0.3 is 0 Å². The third-order valence-corrected chi connectivity index (χ3v) is 8.08. The summed E-state index contributed by atoms with van der Waals surface area (Å²) in [5.74, 6) is 0.752. The molecule has 0 N–H and O–H groups in total. The molecule has 180 valence electrons. The van der Waals surface area contributed by atoms with E-state index in [0.29, 0.717) is 49.5 Å². The maximum atomic E-state index is 12.9. The van der Waals surface area contributed by atoms with Gasteiger partial charge in [0, 0.05) is 16.0 Å². The predicted octanol–water partition coefficient (Wildman–Crippen LogP) is 8.34. The molecule has 0 aromatic heterocycles. The number of benzene rings is 3. The van der Waals surface area contributed by atoms with Crippen LogP contribution in [0.2, 0.25) is 10.0 Å². The second-order valence-corrected chi connectivity index (χ2v) is 11.0. The molecule has 0 saturated carbocycles. The van der Waals surface area contributed by atoms with Gasteiger partial charge in [0.05, 0.1) is 27.7 Å². The third kappa shape index (κ3) is 6.24. The van der Waals surface area contributed by atoms with Crippen molar-refractivity contribution < 1.29 is 14.3 Å². The summed E-state index contributed by atoms with van der Waals surface area (Å²) in [4.78, 5) is 19.4. The Morgan fingerprint density at radius 2 is 1.80 bits per heavy atom. The number of rotatable bonds is 6. The van der Waals surface area contributed by atoms with E-state index < -0.39 is 0 Å². The standard InChI is InChI=1S/C25H18Br2Cl2N2O3S/c1-31-24(32)22(35-25(31)30-17-7-8-18(27)19(28)12-17)11-15-9-20(29)23(21(10-15)33-2)34-13-14-3-5-16(26)6-4-14/h3-12H,13H2,1-2H3/b22-11-,30-25?. The first-order valence-corrected chi connectivity index (χ1v) is 13.4. The molecule has 0 aliphatic carbocycles. The fourth-order valence-electron chi connectivity index (χ4n) is 3.17. The number of hydrogen-bond donors (Lipinski definition) is 0. The van der Waals surface area contributed by atoms with Gasteiger partial charge in [0.25, 0.3) is 5.91 Å². The van der Waals surface area contributed by atoms with Crippen molar-refractivity contribution in [1.82, 2.24) is 4.90 Å². The number of amidine groups is 1. The van der Waals surface area contributed by atoms with Gasteiger partial charge in [0.2, 0.25) is 0 Å². The second kappa shape index (κ2) is 11.4. The van der Waals surface area contributed by atoms with E-state index in [1.807, 2.05) is 36.4 Å². The van der Waals surface area contributed by atoms with Gasteiger partial charge in [-0.15, -0.1) is 0 Å². The predicted molar refractivity (Wildman–Crippen MR) is 151 cm³/mol. The largest absolute Gasteiger partial charge is 0.493 e. The lowest BCUT2D eigenvalue weighted by molar-refractivity contribution is -0.121. The Labute approximate surface area is 234 Å². The lowest BCUT2D eigenvalue weighted by Gasteiger charge is -2.13. The summed E-state index contributed by atoms with van der Waals surface area (Å²) in [5, 5.41) is 1.48. The maximum absolute atomic E-state index is 12.9. The number of methoxy groups -OCH3 is 1. The van der Waals surface area contributed by atoms with E-state index in [1.54, 1.807) is 38.4 Å². The van der Waals surface area contributed by atoms with Crippen LogP contribution >= 0.6 is 66.8 Å². The molecule has 3 aromatic carbocycles. The summed E-state index contributed by atoms with van der Waals surface area (Å²) in [6, 6.07) is 16.7. The number of amides is 1. The molecule has 3 aromatic rings. The van der Waals surface area contributed by atoms with Crippen molar-refractivity contribution in [1.29, 1.82) is 0 Å². The van der Waals surface area contributed by atoms with E-state index in [0.717, 1.165) is 14.5 Å². The van der Waals surface area contributed by atoms with E-state index in [2.05, 4.69) is 36.9 Å². The minimum atomic E-state index is -0.164. The van der Waals surface area contributed by atoms with Gasteiger partial charge < -0.3 is 9.47 Å². The third-order valence-electron chi connectivity index (χ3n) is 4.98. The summed E-state index contributed by atoms with van der Waals surface area (Å²) in [6.07, 6.45) is 1.76. The molecule has 10 heteroatoms. The first-order valence-electron chi connectivity index (χ1n) is 10.2. The van der Waals surface area contributed by atoms with Crippen LogP contribution in [0.25, 0.3) is 6.08 Å². The van der Waals surface area contributed by atoms with Crippen LogP contribution in [-0.2, 0) is 11.4 Å². The molecule has 0 unspecified atom stereocenters.